The van der Waals surface area contributed by atoms with Gasteiger partial charge in [-0.3, -0.25) is 9.69 Å². The molecule has 20 heavy (non-hydrogen) atoms. The highest BCUT2D eigenvalue weighted by molar-refractivity contribution is 5.77. The molecule has 0 spiro atoms. The van der Waals surface area contributed by atoms with E-state index < -0.39 is 0 Å². The molecule has 0 unspecified atom stereocenters. The van der Waals surface area contributed by atoms with Gasteiger partial charge in [-0.15, -0.1) is 0 Å². The van der Waals surface area contributed by atoms with E-state index in [0.717, 1.165) is 52.4 Å². The molecular formula is C15H34N4O. The fraction of sp³-hybridized carbons (Fsp3) is 0.933. The highest BCUT2D eigenvalue weighted by Crippen LogP contribution is 1.95. The molecule has 120 valence electrons. The van der Waals surface area contributed by atoms with Gasteiger partial charge in [-0.05, 0) is 26.2 Å². The van der Waals surface area contributed by atoms with Crippen molar-refractivity contribution in [2.45, 2.75) is 27.7 Å². The molecule has 0 aromatic heterocycles. The molecule has 0 atom stereocenters. The Labute approximate surface area is 125 Å². The van der Waals surface area contributed by atoms with Gasteiger partial charge in [0.15, 0.2) is 0 Å². The largest absolute Gasteiger partial charge is 0.358 e. The molecule has 0 aliphatic carbocycles. The lowest BCUT2D eigenvalue weighted by Gasteiger charge is -2.28. The lowest BCUT2D eigenvalue weighted by Crippen LogP contribution is -2.44. The minimum absolute atomic E-state index is 0.101. The molecule has 0 fully saturated rings. The zero-order valence-corrected chi connectivity index (χ0v) is 14.1. The van der Waals surface area contributed by atoms with Gasteiger partial charge in [0.1, 0.15) is 0 Å². The Hall–Kier alpha value is -0.650. The molecule has 0 rings (SSSR count). The van der Waals surface area contributed by atoms with Gasteiger partial charge in [0.05, 0.1) is 6.54 Å². The maximum absolute atomic E-state index is 11.6. The Kier molecular flexibility index (Phi) is 11.7. The van der Waals surface area contributed by atoms with E-state index in [1.54, 1.807) is 7.05 Å². The molecule has 0 saturated carbocycles. The Morgan fingerprint density at radius 3 is 1.40 bits per heavy atom. The summed E-state index contributed by atoms with van der Waals surface area (Å²) in [4.78, 5) is 18.7. The third-order valence-electron chi connectivity index (χ3n) is 3.90. The van der Waals surface area contributed by atoms with Crippen LogP contribution in [-0.2, 0) is 4.79 Å². The van der Waals surface area contributed by atoms with Crippen LogP contribution >= 0.6 is 0 Å². The van der Waals surface area contributed by atoms with Crippen LogP contribution in [0.2, 0.25) is 0 Å². The maximum atomic E-state index is 11.6. The third-order valence-corrected chi connectivity index (χ3v) is 3.90. The van der Waals surface area contributed by atoms with Crippen LogP contribution < -0.4 is 5.32 Å². The number of amides is 1. The van der Waals surface area contributed by atoms with E-state index in [9.17, 15) is 4.79 Å². The van der Waals surface area contributed by atoms with E-state index in [0.29, 0.717) is 6.54 Å². The van der Waals surface area contributed by atoms with E-state index in [-0.39, 0.29) is 5.91 Å². The van der Waals surface area contributed by atoms with Crippen molar-refractivity contribution < 1.29 is 4.79 Å². The molecule has 0 aromatic carbocycles. The number of hydrogen-bond donors (Lipinski definition) is 1. The second-order valence-electron chi connectivity index (χ2n) is 5.00. The van der Waals surface area contributed by atoms with Crippen LogP contribution in [0.25, 0.3) is 0 Å². The molecule has 0 aliphatic heterocycles. The highest BCUT2D eigenvalue weighted by atomic mass is 16.1. The van der Waals surface area contributed by atoms with E-state index in [1.807, 2.05) is 0 Å². The average Bonchev–Trinajstić information content (AvgIpc) is 2.48. The van der Waals surface area contributed by atoms with Gasteiger partial charge in [0.2, 0.25) is 5.91 Å². The summed E-state index contributed by atoms with van der Waals surface area (Å²) < 4.78 is 0. The molecule has 5 nitrogen and oxygen atoms in total. The first kappa shape index (κ1) is 19.4. The molecule has 5 heteroatoms. The number of likely N-dealkylation sites (N-methyl/N-ethyl adjacent to an activating group) is 3. The predicted octanol–water partition coefficient (Wildman–Crippen LogP) is 0.718. The summed E-state index contributed by atoms with van der Waals surface area (Å²) in [6, 6.07) is 0. The van der Waals surface area contributed by atoms with E-state index in [1.165, 1.54) is 0 Å². The van der Waals surface area contributed by atoms with E-state index in [2.05, 4.69) is 47.7 Å². The van der Waals surface area contributed by atoms with Crippen molar-refractivity contribution in [3.05, 3.63) is 0 Å². The third kappa shape index (κ3) is 8.51. The minimum Gasteiger partial charge on any atom is -0.358 e. The topological polar surface area (TPSA) is 38.8 Å². The Morgan fingerprint density at radius 2 is 1.10 bits per heavy atom. The maximum Gasteiger partial charge on any atom is 0.233 e. The average molecular weight is 286 g/mol. The smallest absolute Gasteiger partial charge is 0.233 e. The summed E-state index contributed by atoms with van der Waals surface area (Å²) in [5.41, 5.74) is 0. The van der Waals surface area contributed by atoms with Crippen LogP contribution in [-0.4, -0.2) is 86.6 Å². The van der Waals surface area contributed by atoms with Crippen LogP contribution in [0.5, 0.6) is 0 Å². The zero-order valence-electron chi connectivity index (χ0n) is 14.1. The fourth-order valence-corrected chi connectivity index (χ4v) is 2.20. The zero-order chi connectivity index (χ0) is 15.4. The molecule has 0 aromatic rings. The van der Waals surface area contributed by atoms with Crippen LogP contribution in [0.1, 0.15) is 27.7 Å². The summed E-state index contributed by atoms with van der Waals surface area (Å²) in [5.74, 6) is 0.101. The Bertz CT molecular complexity index is 224. The molecule has 0 saturated heterocycles. The number of nitrogens with zero attached hydrogens (tertiary/aromatic N) is 3. The standard InChI is InChI=1S/C15H34N4O/c1-6-17(7-2)10-12-19(14-15(20)16-5)13-11-18(8-3)9-4/h6-14H2,1-5H3,(H,16,20). The molecule has 0 bridgehead atoms. The quantitative estimate of drug-likeness (QED) is 0.574. The number of carbonyl (C=O) groups excluding carboxylic acids is 1. The first-order valence-electron chi connectivity index (χ1n) is 7.98. The summed E-state index contributed by atoms with van der Waals surface area (Å²) in [6.45, 7) is 17.5. The predicted molar refractivity (Wildman–Crippen MR) is 86.1 cm³/mol. The van der Waals surface area contributed by atoms with Gasteiger partial charge >= 0.3 is 0 Å². The lowest BCUT2D eigenvalue weighted by atomic mass is 10.3. The van der Waals surface area contributed by atoms with Crippen molar-refractivity contribution in [1.82, 2.24) is 20.0 Å². The normalized spacial score (nSPS) is 11.6. The van der Waals surface area contributed by atoms with Crippen LogP contribution in [0.3, 0.4) is 0 Å². The first-order chi connectivity index (χ1) is 9.60. The molecule has 1 N–H and O–H groups in total. The molecule has 0 radical (unpaired) electrons. The summed E-state index contributed by atoms with van der Waals surface area (Å²) in [5, 5.41) is 2.72. The fourth-order valence-electron chi connectivity index (χ4n) is 2.20. The molecule has 0 heterocycles. The van der Waals surface area contributed by atoms with Crippen LogP contribution in [0.15, 0.2) is 0 Å². The molecule has 1 amide bonds. The van der Waals surface area contributed by atoms with Crippen LogP contribution in [0.4, 0.5) is 0 Å². The van der Waals surface area contributed by atoms with Gasteiger partial charge in [0, 0.05) is 33.2 Å². The molecule has 0 aliphatic rings. The number of nitrogens with one attached hydrogen (secondary N) is 1. The highest BCUT2D eigenvalue weighted by Gasteiger charge is 2.12. The Morgan fingerprint density at radius 1 is 0.750 bits per heavy atom. The van der Waals surface area contributed by atoms with Crippen molar-refractivity contribution in [2.24, 2.45) is 0 Å². The van der Waals surface area contributed by atoms with Gasteiger partial charge in [0.25, 0.3) is 0 Å². The van der Waals surface area contributed by atoms with Gasteiger partial charge in [-0.1, -0.05) is 27.7 Å². The van der Waals surface area contributed by atoms with Crippen molar-refractivity contribution in [3.8, 4) is 0 Å². The van der Waals surface area contributed by atoms with Crippen molar-refractivity contribution in [2.75, 3.05) is 66.0 Å². The van der Waals surface area contributed by atoms with Crippen molar-refractivity contribution >= 4 is 5.91 Å². The minimum atomic E-state index is 0.101. The summed E-state index contributed by atoms with van der Waals surface area (Å²) in [6.07, 6.45) is 0. The van der Waals surface area contributed by atoms with Crippen molar-refractivity contribution in [3.63, 3.8) is 0 Å². The Balaban J connectivity index is 4.29. The summed E-state index contributed by atoms with van der Waals surface area (Å²) in [7, 11) is 1.70. The number of hydrogen-bond acceptors (Lipinski definition) is 4. The van der Waals surface area contributed by atoms with Crippen LogP contribution in [0, 0.1) is 0 Å². The van der Waals surface area contributed by atoms with Crippen molar-refractivity contribution in [1.29, 1.82) is 0 Å². The van der Waals surface area contributed by atoms with E-state index in [4.69, 9.17) is 0 Å². The monoisotopic (exact) mass is 286 g/mol. The number of rotatable bonds is 12. The van der Waals surface area contributed by atoms with Gasteiger partial charge < -0.3 is 15.1 Å². The number of carbonyl (C=O) groups is 1. The summed E-state index contributed by atoms with van der Waals surface area (Å²) >= 11 is 0. The SMILES string of the molecule is CCN(CC)CCN(CCN(CC)CC)CC(=O)NC. The lowest BCUT2D eigenvalue weighted by molar-refractivity contribution is -0.121. The van der Waals surface area contributed by atoms with E-state index >= 15 is 0 Å². The van der Waals surface area contributed by atoms with Gasteiger partial charge in [-0.2, -0.15) is 0 Å². The first-order valence-corrected chi connectivity index (χ1v) is 7.98. The second-order valence-corrected chi connectivity index (χ2v) is 5.00. The van der Waals surface area contributed by atoms with Gasteiger partial charge in [-0.25, -0.2) is 0 Å². The molecular weight excluding hydrogens is 252 g/mol. The second kappa shape index (κ2) is 12.1.